The van der Waals surface area contributed by atoms with Crippen LogP contribution in [0.4, 0.5) is 0 Å². The first-order valence-corrected chi connectivity index (χ1v) is 8.57. The van der Waals surface area contributed by atoms with Crippen LogP contribution in [-0.2, 0) is 0 Å². The first-order chi connectivity index (χ1) is 12.2. The van der Waals surface area contributed by atoms with E-state index in [1.807, 2.05) is 35.3 Å². The average Bonchev–Trinajstić information content (AvgIpc) is 3.35. The number of rotatable bonds is 2. The Balaban J connectivity index is 1.44. The third kappa shape index (κ3) is 2.21. The number of aromatic hydroxyl groups is 1. The average molecular weight is 334 g/mol. The van der Waals surface area contributed by atoms with Gasteiger partial charge in [0.1, 0.15) is 17.1 Å². The molecule has 6 heteroatoms. The van der Waals surface area contributed by atoms with Crippen LogP contribution in [-0.4, -0.2) is 50.1 Å². The van der Waals surface area contributed by atoms with E-state index in [-0.39, 0.29) is 11.7 Å². The number of imidazole rings is 1. The lowest BCUT2D eigenvalue weighted by Gasteiger charge is -2.23. The molecule has 0 spiro atoms. The summed E-state index contributed by atoms with van der Waals surface area (Å²) in [6, 6.07) is 13.1. The number of hydrazine groups is 1. The molecular weight excluding hydrogens is 316 g/mol. The normalized spacial score (nSPS) is 22.0. The van der Waals surface area contributed by atoms with Gasteiger partial charge >= 0.3 is 0 Å². The number of benzene rings is 2. The number of piperidine rings is 1. The standard InChI is InChI=1S/C19H18N4O2/c24-16-3-1-2-15-17(16)21-18(20-15)12-4-6-13(7-5-12)19(25)23-14-8-10-22(23)11-9-14/h1-7,14,24H,8-11H2,(H,20,21). The van der Waals surface area contributed by atoms with Crippen LogP contribution in [0.15, 0.2) is 42.5 Å². The first kappa shape index (κ1) is 14.5. The zero-order valence-corrected chi connectivity index (χ0v) is 13.6. The SMILES string of the molecule is O=C(c1ccc(-c2nc3c(O)cccc3[nH]2)cc1)N1C2CCN1CC2. The van der Waals surface area contributed by atoms with Crippen molar-refractivity contribution in [2.75, 3.05) is 13.1 Å². The number of nitrogens with zero attached hydrogens (tertiary/aromatic N) is 3. The van der Waals surface area contributed by atoms with Crippen LogP contribution in [0.1, 0.15) is 23.2 Å². The van der Waals surface area contributed by atoms with Crippen molar-refractivity contribution in [2.24, 2.45) is 0 Å². The van der Waals surface area contributed by atoms with E-state index in [9.17, 15) is 9.90 Å². The van der Waals surface area contributed by atoms with Crippen molar-refractivity contribution in [2.45, 2.75) is 18.9 Å². The van der Waals surface area contributed by atoms with Crippen molar-refractivity contribution in [3.63, 3.8) is 0 Å². The third-order valence-corrected chi connectivity index (χ3v) is 5.20. The van der Waals surface area contributed by atoms with Gasteiger partial charge in [-0.1, -0.05) is 18.2 Å². The molecule has 25 heavy (non-hydrogen) atoms. The molecule has 2 saturated heterocycles. The van der Waals surface area contributed by atoms with E-state index in [2.05, 4.69) is 15.0 Å². The summed E-state index contributed by atoms with van der Waals surface area (Å²) >= 11 is 0. The molecule has 0 unspecified atom stereocenters. The molecule has 0 aliphatic carbocycles. The van der Waals surface area contributed by atoms with Gasteiger partial charge < -0.3 is 10.1 Å². The Morgan fingerprint density at radius 1 is 1.12 bits per heavy atom. The van der Waals surface area contributed by atoms with Gasteiger partial charge in [-0.25, -0.2) is 9.99 Å². The van der Waals surface area contributed by atoms with Gasteiger partial charge in [0.2, 0.25) is 0 Å². The van der Waals surface area contributed by atoms with Crippen molar-refractivity contribution >= 4 is 16.9 Å². The van der Waals surface area contributed by atoms with Crippen LogP contribution in [0.5, 0.6) is 5.75 Å². The molecular formula is C19H18N4O2. The predicted molar refractivity (Wildman–Crippen MR) is 94.0 cm³/mol. The Labute approximate surface area is 144 Å². The van der Waals surface area contributed by atoms with Crippen molar-refractivity contribution in [1.29, 1.82) is 0 Å². The lowest BCUT2D eigenvalue weighted by Crippen LogP contribution is -2.38. The topological polar surface area (TPSA) is 72.5 Å². The smallest absolute Gasteiger partial charge is 0.268 e. The number of amides is 1. The van der Waals surface area contributed by atoms with E-state index in [4.69, 9.17) is 0 Å². The maximum Gasteiger partial charge on any atom is 0.268 e. The molecule has 2 N–H and O–H groups in total. The van der Waals surface area contributed by atoms with E-state index < -0.39 is 0 Å². The van der Waals surface area contributed by atoms with Crippen LogP contribution in [0, 0.1) is 0 Å². The Morgan fingerprint density at radius 2 is 1.88 bits per heavy atom. The van der Waals surface area contributed by atoms with E-state index >= 15 is 0 Å². The number of carbonyl (C=O) groups is 1. The summed E-state index contributed by atoms with van der Waals surface area (Å²) in [5, 5.41) is 14.0. The van der Waals surface area contributed by atoms with Crippen LogP contribution in [0.25, 0.3) is 22.4 Å². The number of phenolic OH excluding ortho intramolecular Hbond substituents is 1. The molecule has 6 nitrogen and oxygen atoms in total. The molecule has 0 atom stereocenters. The summed E-state index contributed by atoms with van der Waals surface area (Å²) in [6.45, 7) is 1.97. The summed E-state index contributed by atoms with van der Waals surface area (Å²) in [5.74, 6) is 0.916. The van der Waals surface area contributed by atoms with Crippen molar-refractivity contribution in [3.05, 3.63) is 48.0 Å². The van der Waals surface area contributed by atoms with Gasteiger partial charge in [0.15, 0.2) is 0 Å². The Bertz CT molecular complexity index is 943. The molecule has 2 fully saturated rings. The van der Waals surface area contributed by atoms with E-state index in [0.717, 1.165) is 37.0 Å². The summed E-state index contributed by atoms with van der Waals surface area (Å²) in [4.78, 5) is 20.4. The molecule has 1 amide bonds. The molecule has 126 valence electrons. The molecule has 3 aromatic rings. The third-order valence-electron chi connectivity index (χ3n) is 5.20. The summed E-state index contributed by atoms with van der Waals surface area (Å²) in [6.07, 6.45) is 2.15. The number of nitrogens with one attached hydrogen (secondary N) is 1. The van der Waals surface area contributed by atoms with E-state index in [0.29, 0.717) is 22.9 Å². The fourth-order valence-corrected chi connectivity index (χ4v) is 3.89. The minimum Gasteiger partial charge on any atom is -0.506 e. The van der Waals surface area contributed by atoms with Gasteiger partial charge in [-0.3, -0.25) is 9.80 Å². The summed E-state index contributed by atoms with van der Waals surface area (Å²) < 4.78 is 0. The predicted octanol–water partition coefficient (Wildman–Crippen LogP) is 2.77. The molecule has 0 radical (unpaired) electrons. The molecule has 2 aromatic carbocycles. The number of hydrogen-bond acceptors (Lipinski definition) is 4. The molecule has 2 aliphatic heterocycles. The number of hydrogen-bond donors (Lipinski definition) is 2. The maximum absolute atomic E-state index is 12.8. The number of para-hydroxylation sites is 1. The van der Waals surface area contributed by atoms with Crippen LogP contribution < -0.4 is 0 Å². The van der Waals surface area contributed by atoms with Crippen molar-refractivity contribution in [1.82, 2.24) is 20.0 Å². The van der Waals surface area contributed by atoms with Crippen molar-refractivity contribution < 1.29 is 9.90 Å². The van der Waals surface area contributed by atoms with E-state index in [1.54, 1.807) is 12.1 Å². The molecule has 1 aromatic heterocycles. The lowest BCUT2D eigenvalue weighted by atomic mass is 10.1. The minimum atomic E-state index is 0.0776. The van der Waals surface area contributed by atoms with Crippen molar-refractivity contribution in [3.8, 4) is 17.1 Å². The van der Waals surface area contributed by atoms with E-state index in [1.165, 1.54) is 0 Å². The Hall–Kier alpha value is -2.86. The quantitative estimate of drug-likeness (QED) is 0.756. The summed E-state index contributed by atoms with van der Waals surface area (Å²) in [7, 11) is 0. The Kier molecular flexibility index (Phi) is 3.08. The van der Waals surface area contributed by atoms with Crippen LogP contribution in [0.3, 0.4) is 0 Å². The van der Waals surface area contributed by atoms with Gasteiger partial charge in [0.25, 0.3) is 5.91 Å². The van der Waals surface area contributed by atoms with Gasteiger partial charge in [-0.2, -0.15) is 0 Å². The molecule has 2 aliphatic rings. The fraction of sp³-hybridized carbons (Fsp3) is 0.263. The molecule has 2 bridgehead atoms. The molecule has 5 rings (SSSR count). The summed E-state index contributed by atoms with van der Waals surface area (Å²) in [5.41, 5.74) is 2.93. The van der Waals surface area contributed by atoms with Gasteiger partial charge in [0.05, 0.1) is 11.6 Å². The highest BCUT2D eigenvalue weighted by molar-refractivity contribution is 5.95. The first-order valence-electron chi connectivity index (χ1n) is 8.57. The molecule has 0 saturated carbocycles. The fourth-order valence-electron chi connectivity index (χ4n) is 3.89. The second kappa shape index (κ2) is 5.32. The molecule has 3 heterocycles. The minimum absolute atomic E-state index is 0.0776. The van der Waals surface area contributed by atoms with Crippen LogP contribution in [0.2, 0.25) is 0 Å². The number of carbonyl (C=O) groups excluding carboxylic acids is 1. The van der Waals surface area contributed by atoms with Gasteiger partial charge in [-0.15, -0.1) is 0 Å². The number of aromatic nitrogens is 2. The highest BCUT2D eigenvalue weighted by Gasteiger charge is 2.40. The Morgan fingerprint density at radius 3 is 2.52 bits per heavy atom. The highest BCUT2D eigenvalue weighted by atomic mass is 16.3. The second-order valence-electron chi connectivity index (χ2n) is 6.67. The number of fused-ring (bicyclic) bond motifs is 3. The van der Waals surface area contributed by atoms with Crippen LogP contribution >= 0.6 is 0 Å². The maximum atomic E-state index is 12.8. The number of aromatic amines is 1. The number of H-pyrrole nitrogens is 1. The zero-order chi connectivity index (χ0) is 17.0. The lowest BCUT2D eigenvalue weighted by molar-refractivity contribution is 0.0334. The highest BCUT2D eigenvalue weighted by Crippen LogP contribution is 2.31. The largest absolute Gasteiger partial charge is 0.506 e. The van der Waals surface area contributed by atoms with Gasteiger partial charge in [-0.05, 0) is 37.1 Å². The second-order valence-corrected chi connectivity index (χ2v) is 6.67. The zero-order valence-electron chi connectivity index (χ0n) is 13.6. The number of phenols is 1. The van der Waals surface area contributed by atoms with Gasteiger partial charge in [0, 0.05) is 24.2 Å². The monoisotopic (exact) mass is 334 g/mol.